The molecule has 16 heavy (non-hydrogen) atoms. The number of hydrogen-bond donors (Lipinski definition) is 4. The van der Waals surface area contributed by atoms with Gasteiger partial charge in [-0.25, -0.2) is 0 Å². The summed E-state index contributed by atoms with van der Waals surface area (Å²) in [7, 11) is 0. The van der Waals surface area contributed by atoms with Gasteiger partial charge >= 0.3 is 0 Å². The summed E-state index contributed by atoms with van der Waals surface area (Å²) >= 11 is 4.04. The van der Waals surface area contributed by atoms with Gasteiger partial charge in [0.1, 0.15) is 6.10 Å². The third kappa shape index (κ3) is 3.49. The van der Waals surface area contributed by atoms with E-state index in [-0.39, 0.29) is 0 Å². The molecule has 0 radical (unpaired) electrons. The highest BCUT2D eigenvalue weighted by Crippen LogP contribution is 2.23. The molecule has 0 bridgehead atoms. The Morgan fingerprint density at radius 3 is 2.56 bits per heavy atom. The molecule has 0 heterocycles. The third-order valence-corrected chi connectivity index (χ3v) is 2.83. The molecule has 0 fully saturated rings. The Hall–Kier alpha value is -0.550. The highest BCUT2D eigenvalue weighted by molar-refractivity contribution is 7.80. The van der Waals surface area contributed by atoms with Gasteiger partial charge in [0, 0.05) is 0 Å². The second kappa shape index (κ2) is 6.91. The fourth-order valence-corrected chi connectivity index (χ4v) is 1.97. The Morgan fingerprint density at radius 2 is 1.94 bits per heavy atom. The van der Waals surface area contributed by atoms with E-state index < -0.39 is 12.2 Å². The lowest BCUT2D eigenvalue weighted by Gasteiger charge is -2.20. The van der Waals surface area contributed by atoms with Gasteiger partial charge in [-0.3, -0.25) is 0 Å². The lowest BCUT2D eigenvalue weighted by molar-refractivity contribution is 0.0167. The first-order valence-electron chi connectivity index (χ1n) is 5.45. The average molecular weight is 241 g/mol. The molecule has 4 heteroatoms. The Labute approximate surface area is 102 Å². The minimum atomic E-state index is -0.852. The Kier molecular flexibility index (Phi) is 5.84. The first kappa shape index (κ1) is 13.5. The monoisotopic (exact) mass is 241 g/mol. The summed E-state index contributed by atoms with van der Waals surface area (Å²) in [6.45, 7) is 0.534. The molecule has 1 aromatic carbocycles. The van der Waals surface area contributed by atoms with Crippen LogP contribution in [0.4, 0.5) is 0 Å². The van der Waals surface area contributed by atoms with Gasteiger partial charge < -0.3 is 15.9 Å². The van der Waals surface area contributed by atoms with Crippen LogP contribution in [-0.2, 0) is 6.42 Å². The van der Waals surface area contributed by atoms with Gasteiger partial charge in [-0.1, -0.05) is 24.3 Å². The predicted octanol–water partition coefficient (Wildman–Crippen LogP) is 0.902. The number of nitrogens with two attached hydrogens (primary N) is 1. The fourth-order valence-electron chi connectivity index (χ4n) is 1.70. The number of aliphatic hydroxyl groups is 2. The largest absolute Gasteiger partial charge is 0.390 e. The molecule has 3 nitrogen and oxygen atoms in total. The lowest BCUT2D eigenvalue weighted by atomic mass is 9.96. The first-order valence-corrected chi connectivity index (χ1v) is 6.08. The van der Waals surface area contributed by atoms with Gasteiger partial charge in [0.15, 0.2) is 0 Å². The predicted molar refractivity (Wildman–Crippen MR) is 68.6 cm³/mol. The van der Waals surface area contributed by atoms with Crippen LogP contribution in [0.15, 0.2) is 24.3 Å². The third-order valence-electron chi connectivity index (χ3n) is 2.58. The molecule has 1 aromatic rings. The number of thiol groups is 1. The quantitative estimate of drug-likeness (QED) is 0.560. The summed E-state index contributed by atoms with van der Waals surface area (Å²) in [5.41, 5.74) is 7.27. The van der Waals surface area contributed by atoms with Gasteiger partial charge in [-0.15, -0.1) is 0 Å². The van der Waals surface area contributed by atoms with E-state index in [9.17, 15) is 10.2 Å². The van der Waals surface area contributed by atoms with Crippen LogP contribution in [0.1, 0.15) is 23.7 Å². The number of hydrogen-bond acceptors (Lipinski definition) is 4. The van der Waals surface area contributed by atoms with E-state index in [1.807, 2.05) is 24.3 Å². The lowest BCUT2D eigenvalue weighted by Crippen LogP contribution is -2.20. The Morgan fingerprint density at radius 1 is 1.25 bits per heavy atom. The highest BCUT2D eigenvalue weighted by Gasteiger charge is 2.19. The molecule has 2 atom stereocenters. The zero-order chi connectivity index (χ0) is 12.0. The molecular weight excluding hydrogens is 222 g/mol. The molecule has 0 aliphatic rings. The molecule has 4 N–H and O–H groups in total. The molecule has 0 aromatic heterocycles. The summed E-state index contributed by atoms with van der Waals surface area (Å²) in [4.78, 5) is 0. The maximum absolute atomic E-state index is 10.0. The molecule has 0 spiro atoms. The maximum Gasteiger partial charge on any atom is 0.105 e. The van der Waals surface area contributed by atoms with E-state index in [0.717, 1.165) is 11.1 Å². The Balaban J connectivity index is 2.84. The van der Waals surface area contributed by atoms with E-state index in [2.05, 4.69) is 12.6 Å². The van der Waals surface area contributed by atoms with E-state index in [1.165, 1.54) is 0 Å². The van der Waals surface area contributed by atoms with Crippen molar-refractivity contribution in [1.82, 2.24) is 0 Å². The standard InChI is InChI=1S/C12H19NO2S/c13-7-5-9-3-1-2-4-10(9)12(15)11(14)6-8-16/h1-4,11-12,14-16H,5-8,13H2. The molecular formula is C12H19NO2S. The van der Waals surface area contributed by atoms with Crippen LogP contribution >= 0.6 is 12.6 Å². The van der Waals surface area contributed by atoms with Gasteiger partial charge in [-0.05, 0) is 36.3 Å². The summed E-state index contributed by atoms with van der Waals surface area (Å²) < 4.78 is 0. The van der Waals surface area contributed by atoms with Gasteiger partial charge in [0.25, 0.3) is 0 Å². The minimum absolute atomic E-state index is 0.473. The van der Waals surface area contributed by atoms with E-state index in [0.29, 0.717) is 25.1 Å². The van der Waals surface area contributed by atoms with Crippen LogP contribution in [0.2, 0.25) is 0 Å². The summed E-state index contributed by atoms with van der Waals surface area (Å²) in [5, 5.41) is 19.7. The molecule has 0 aliphatic carbocycles. The zero-order valence-electron chi connectivity index (χ0n) is 9.21. The molecule has 1 rings (SSSR count). The van der Waals surface area contributed by atoms with Crippen molar-refractivity contribution < 1.29 is 10.2 Å². The number of rotatable bonds is 6. The van der Waals surface area contributed by atoms with Crippen molar-refractivity contribution in [2.24, 2.45) is 5.73 Å². The van der Waals surface area contributed by atoms with Crippen molar-refractivity contribution in [2.45, 2.75) is 25.0 Å². The van der Waals surface area contributed by atoms with E-state index in [1.54, 1.807) is 0 Å². The number of benzene rings is 1. The summed E-state index contributed by atoms with van der Waals surface area (Å²) in [5.74, 6) is 0.553. The second-order valence-corrected chi connectivity index (χ2v) is 4.21. The van der Waals surface area contributed by atoms with Crippen molar-refractivity contribution in [2.75, 3.05) is 12.3 Å². The highest BCUT2D eigenvalue weighted by atomic mass is 32.1. The normalized spacial score (nSPS) is 14.8. The molecule has 0 saturated carbocycles. The molecule has 90 valence electrons. The van der Waals surface area contributed by atoms with Crippen molar-refractivity contribution in [3.05, 3.63) is 35.4 Å². The van der Waals surface area contributed by atoms with Crippen LogP contribution in [0.3, 0.4) is 0 Å². The van der Waals surface area contributed by atoms with Crippen molar-refractivity contribution >= 4 is 12.6 Å². The van der Waals surface area contributed by atoms with Crippen molar-refractivity contribution in [1.29, 1.82) is 0 Å². The smallest absolute Gasteiger partial charge is 0.105 e. The Bertz CT molecular complexity index is 320. The molecule has 2 unspecified atom stereocenters. The summed E-state index contributed by atoms with van der Waals surface area (Å²) in [6.07, 6.45) is -0.437. The molecule has 0 saturated heterocycles. The van der Waals surface area contributed by atoms with Gasteiger partial charge in [0.05, 0.1) is 6.10 Å². The fraction of sp³-hybridized carbons (Fsp3) is 0.500. The van der Waals surface area contributed by atoms with Crippen molar-refractivity contribution in [3.63, 3.8) is 0 Å². The van der Waals surface area contributed by atoms with E-state index in [4.69, 9.17) is 5.73 Å². The number of aliphatic hydroxyl groups excluding tert-OH is 2. The van der Waals surface area contributed by atoms with Crippen LogP contribution < -0.4 is 5.73 Å². The van der Waals surface area contributed by atoms with Crippen LogP contribution in [-0.4, -0.2) is 28.6 Å². The average Bonchev–Trinajstić information content (AvgIpc) is 2.29. The second-order valence-electron chi connectivity index (χ2n) is 3.76. The molecule has 0 amide bonds. The van der Waals surface area contributed by atoms with Gasteiger partial charge in [-0.2, -0.15) is 12.6 Å². The molecule has 0 aliphatic heterocycles. The zero-order valence-corrected chi connectivity index (χ0v) is 10.1. The minimum Gasteiger partial charge on any atom is -0.390 e. The van der Waals surface area contributed by atoms with Crippen LogP contribution in [0.5, 0.6) is 0 Å². The topological polar surface area (TPSA) is 66.5 Å². The SMILES string of the molecule is NCCc1ccccc1C(O)C(O)CCS. The van der Waals surface area contributed by atoms with Gasteiger partial charge in [0.2, 0.25) is 0 Å². The van der Waals surface area contributed by atoms with E-state index >= 15 is 0 Å². The van der Waals surface area contributed by atoms with Crippen LogP contribution in [0, 0.1) is 0 Å². The maximum atomic E-state index is 10.0. The van der Waals surface area contributed by atoms with Crippen molar-refractivity contribution in [3.8, 4) is 0 Å². The first-order chi connectivity index (χ1) is 7.70. The van der Waals surface area contributed by atoms with Crippen LogP contribution in [0.25, 0.3) is 0 Å². The summed E-state index contributed by atoms with van der Waals surface area (Å²) in [6, 6.07) is 7.52.